The minimum atomic E-state index is -0.972. The molecule has 0 spiro atoms. The molecule has 0 aromatic heterocycles. The summed E-state index contributed by atoms with van der Waals surface area (Å²) < 4.78 is 12.4. The van der Waals surface area contributed by atoms with Crippen LogP contribution in [0.2, 0.25) is 0 Å². The number of benzene rings is 4. The number of anilines is 1. The number of likely N-dealkylation sites (tertiary alicyclic amines) is 1. The molecule has 1 atom stereocenters. The molecule has 4 aromatic carbocycles. The second kappa shape index (κ2) is 17.2. The van der Waals surface area contributed by atoms with Crippen molar-refractivity contribution < 1.29 is 23.9 Å². The number of piperazine rings is 1. The second-order valence-corrected chi connectivity index (χ2v) is 14.7. The smallest absolute Gasteiger partial charge is 0.410 e. The van der Waals surface area contributed by atoms with Gasteiger partial charge in [0, 0.05) is 70.5 Å². The summed E-state index contributed by atoms with van der Waals surface area (Å²) in [4.78, 5) is 49.0. The Kier molecular flexibility index (Phi) is 11.8. The summed E-state index contributed by atoms with van der Waals surface area (Å²) in [5, 5.41) is 3.07. The maximum atomic E-state index is 14.2. The fraction of sp³-hybridized carbons (Fsp3) is 0.386. The number of urea groups is 1. The molecule has 3 aliphatic rings. The van der Waals surface area contributed by atoms with Crippen molar-refractivity contribution in [3.05, 3.63) is 130 Å². The van der Waals surface area contributed by atoms with Crippen LogP contribution >= 0.6 is 0 Å². The topological polar surface area (TPSA) is 94.7 Å². The first-order valence-electron chi connectivity index (χ1n) is 19.2. The number of nitrogens with zero attached hydrogens (tertiary/aromatic N) is 4. The van der Waals surface area contributed by atoms with E-state index in [0.717, 1.165) is 65.3 Å². The quantitative estimate of drug-likeness (QED) is 0.193. The minimum absolute atomic E-state index is 0.0153. The van der Waals surface area contributed by atoms with Gasteiger partial charge in [0.05, 0.1) is 0 Å². The highest BCUT2D eigenvalue weighted by Gasteiger charge is 2.35. The fourth-order valence-electron chi connectivity index (χ4n) is 7.97. The molecule has 282 valence electrons. The van der Waals surface area contributed by atoms with Crippen LogP contribution in [-0.2, 0) is 35.5 Å². The van der Waals surface area contributed by atoms with Crippen molar-refractivity contribution in [3.8, 4) is 5.75 Å². The van der Waals surface area contributed by atoms with Gasteiger partial charge in [0.2, 0.25) is 0 Å². The third-order valence-electron chi connectivity index (χ3n) is 10.9. The third kappa shape index (κ3) is 9.05. The number of piperidine rings is 1. The van der Waals surface area contributed by atoms with Crippen LogP contribution in [0, 0.1) is 13.8 Å². The highest BCUT2D eigenvalue weighted by molar-refractivity contribution is 5.91. The Morgan fingerprint density at radius 1 is 0.741 bits per heavy atom. The Morgan fingerprint density at radius 2 is 1.37 bits per heavy atom. The number of amides is 4. The molecule has 2 saturated heterocycles. The van der Waals surface area contributed by atoms with E-state index in [-0.39, 0.29) is 24.4 Å². The molecule has 10 heteroatoms. The number of nitrogens with one attached hydrogen (secondary N) is 1. The van der Waals surface area contributed by atoms with Crippen molar-refractivity contribution >= 4 is 23.7 Å². The summed E-state index contributed by atoms with van der Waals surface area (Å²) in [6.07, 6.45) is 0.869. The lowest BCUT2D eigenvalue weighted by atomic mass is 10.00. The molecule has 0 aliphatic carbocycles. The van der Waals surface area contributed by atoms with E-state index in [1.54, 1.807) is 4.90 Å². The number of fused-ring (bicyclic) bond motifs is 1. The van der Waals surface area contributed by atoms with Crippen molar-refractivity contribution in [2.24, 2.45) is 0 Å². The lowest BCUT2D eigenvalue weighted by Gasteiger charge is -2.38. The molecule has 3 heterocycles. The van der Waals surface area contributed by atoms with Gasteiger partial charge in [-0.1, -0.05) is 91.0 Å². The Labute approximate surface area is 318 Å². The van der Waals surface area contributed by atoms with Crippen molar-refractivity contribution in [1.29, 1.82) is 0 Å². The van der Waals surface area contributed by atoms with Crippen LogP contribution in [0.5, 0.6) is 5.75 Å². The van der Waals surface area contributed by atoms with Crippen LogP contribution in [-0.4, -0.2) is 95.6 Å². The van der Waals surface area contributed by atoms with Gasteiger partial charge in [0.25, 0.3) is 5.91 Å². The van der Waals surface area contributed by atoms with Crippen molar-refractivity contribution in [2.45, 2.75) is 64.8 Å². The molecule has 2 fully saturated rings. The predicted molar refractivity (Wildman–Crippen MR) is 209 cm³/mol. The van der Waals surface area contributed by atoms with Gasteiger partial charge in [0.1, 0.15) is 12.4 Å². The highest BCUT2D eigenvalue weighted by Crippen LogP contribution is 2.28. The summed E-state index contributed by atoms with van der Waals surface area (Å²) in [5.74, 6) is 0.653. The largest absolute Gasteiger partial charge is 0.488 e. The number of rotatable bonds is 10. The maximum absolute atomic E-state index is 14.2. The zero-order valence-corrected chi connectivity index (χ0v) is 31.4. The number of hydrogen-bond donors (Lipinski definition) is 1. The lowest BCUT2D eigenvalue weighted by molar-refractivity contribution is -0.142. The minimum Gasteiger partial charge on any atom is -0.488 e. The average Bonchev–Trinajstić information content (AvgIpc) is 3.36. The molecular formula is C44H51N5O5. The Morgan fingerprint density at radius 3 is 2.06 bits per heavy atom. The van der Waals surface area contributed by atoms with Crippen molar-refractivity contribution in [2.75, 3.05) is 51.1 Å². The van der Waals surface area contributed by atoms with E-state index < -0.39 is 12.2 Å². The Hall–Kier alpha value is -5.35. The van der Waals surface area contributed by atoms with E-state index in [1.807, 2.05) is 103 Å². The molecule has 1 N–H and O–H groups in total. The molecule has 0 saturated carbocycles. The standard InChI is InChI=1S/C44H51N5O5/c1-32-27-36(28-33(2)41(32)53-31-35-13-7-4-8-14-35)29-40(42(50)47-25-23-46(24-26-47)30-34-11-5-3-6-12-34)54-44(52)48-20-18-38(19-21-48)49-22-17-37-15-9-10-16-39(37)45-43(49)51/h3-16,27-28,38,40H,17-26,29-31H2,1-2H3,(H,45,51). The normalized spacial score (nSPS) is 17.3. The van der Waals surface area contributed by atoms with Crippen LogP contribution in [0.1, 0.15) is 46.2 Å². The molecule has 0 radical (unpaired) electrons. The van der Waals surface area contributed by atoms with Gasteiger partial charge in [-0.05, 0) is 72.6 Å². The zero-order valence-electron chi connectivity index (χ0n) is 31.4. The monoisotopic (exact) mass is 729 g/mol. The highest BCUT2D eigenvalue weighted by atomic mass is 16.6. The molecule has 0 bridgehead atoms. The first-order chi connectivity index (χ1) is 26.3. The van der Waals surface area contributed by atoms with Crippen LogP contribution in [0.3, 0.4) is 0 Å². The van der Waals surface area contributed by atoms with Crippen molar-refractivity contribution in [1.82, 2.24) is 19.6 Å². The molecule has 4 amide bonds. The molecule has 4 aromatic rings. The van der Waals surface area contributed by atoms with Crippen molar-refractivity contribution in [3.63, 3.8) is 0 Å². The zero-order chi connectivity index (χ0) is 37.4. The van der Waals surface area contributed by atoms with Gasteiger partial charge in [-0.15, -0.1) is 0 Å². The van der Waals surface area contributed by atoms with Crippen LogP contribution in [0.4, 0.5) is 15.3 Å². The Balaban J connectivity index is 1.01. The SMILES string of the molecule is Cc1cc(CC(OC(=O)N2CCC(N3CCc4ccccc4NC3=O)CC2)C(=O)N2CCN(Cc3ccccc3)CC2)cc(C)c1OCc1ccccc1. The second-order valence-electron chi connectivity index (χ2n) is 14.7. The van der Waals surface area contributed by atoms with E-state index in [4.69, 9.17) is 9.47 Å². The summed E-state index contributed by atoms with van der Waals surface area (Å²) in [6.45, 7) is 9.47. The van der Waals surface area contributed by atoms with E-state index in [1.165, 1.54) is 5.56 Å². The molecule has 1 unspecified atom stereocenters. The summed E-state index contributed by atoms with van der Waals surface area (Å²) in [6, 6.07) is 32.3. The number of carbonyl (C=O) groups is 3. The first kappa shape index (κ1) is 37.0. The Bertz CT molecular complexity index is 1880. The molecule has 10 nitrogen and oxygen atoms in total. The number of carbonyl (C=O) groups excluding carboxylic acids is 3. The van der Waals surface area contributed by atoms with Gasteiger partial charge in [-0.2, -0.15) is 0 Å². The van der Waals surface area contributed by atoms with Gasteiger partial charge in [-0.25, -0.2) is 9.59 Å². The lowest BCUT2D eigenvalue weighted by Crippen LogP contribution is -2.53. The average molecular weight is 730 g/mol. The summed E-state index contributed by atoms with van der Waals surface area (Å²) in [5.41, 5.74) is 7.17. The van der Waals surface area contributed by atoms with Gasteiger partial charge < -0.3 is 29.5 Å². The first-order valence-corrected chi connectivity index (χ1v) is 19.2. The van der Waals surface area contributed by atoms with E-state index in [0.29, 0.717) is 52.2 Å². The number of para-hydroxylation sites is 1. The third-order valence-corrected chi connectivity index (χ3v) is 10.9. The number of aryl methyl sites for hydroxylation is 2. The fourth-order valence-corrected chi connectivity index (χ4v) is 7.97. The maximum Gasteiger partial charge on any atom is 0.410 e. The van der Waals surface area contributed by atoms with E-state index in [2.05, 4.69) is 28.4 Å². The number of ether oxygens (including phenoxy) is 2. The van der Waals surface area contributed by atoms with Crippen LogP contribution in [0.15, 0.2) is 97.1 Å². The summed E-state index contributed by atoms with van der Waals surface area (Å²) >= 11 is 0. The van der Waals surface area contributed by atoms with Gasteiger partial charge >= 0.3 is 12.1 Å². The van der Waals surface area contributed by atoms with E-state index in [9.17, 15) is 14.4 Å². The van der Waals surface area contributed by atoms with Gasteiger partial charge in [0.15, 0.2) is 6.10 Å². The van der Waals surface area contributed by atoms with Crippen LogP contribution < -0.4 is 10.1 Å². The molecule has 54 heavy (non-hydrogen) atoms. The molecule has 7 rings (SSSR count). The number of hydrogen-bond acceptors (Lipinski definition) is 6. The summed E-state index contributed by atoms with van der Waals surface area (Å²) in [7, 11) is 0. The molecule has 3 aliphatic heterocycles. The van der Waals surface area contributed by atoms with Gasteiger partial charge in [-0.3, -0.25) is 9.69 Å². The van der Waals surface area contributed by atoms with Crippen LogP contribution in [0.25, 0.3) is 0 Å². The molecular weight excluding hydrogens is 679 g/mol. The van der Waals surface area contributed by atoms with E-state index >= 15 is 0 Å². The predicted octanol–water partition coefficient (Wildman–Crippen LogP) is 6.83.